The molecule has 0 saturated heterocycles. The van der Waals surface area contributed by atoms with E-state index in [0.717, 1.165) is 21.4 Å². The SMILES string of the molecule is Cc1nn(-c2c(F)cccc2CC(C)N)c(C)c1Br. The predicted octanol–water partition coefficient (Wildman–Crippen LogP) is 3.28. The molecule has 0 bridgehead atoms. The van der Waals surface area contributed by atoms with Gasteiger partial charge in [-0.15, -0.1) is 0 Å². The second kappa shape index (κ2) is 5.43. The maximum Gasteiger partial charge on any atom is 0.149 e. The van der Waals surface area contributed by atoms with E-state index in [9.17, 15) is 4.39 Å². The van der Waals surface area contributed by atoms with E-state index in [2.05, 4.69) is 21.0 Å². The fourth-order valence-corrected chi connectivity index (χ4v) is 2.40. The van der Waals surface area contributed by atoms with Crippen LogP contribution in [-0.2, 0) is 6.42 Å². The van der Waals surface area contributed by atoms with Crippen LogP contribution in [0, 0.1) is 19.7 Å². The minimum absolute atomic E-state index is 0.0269. The van der Waals surface area contributed by atoms with Gasteiger partial charge in [-0.05, 0) is 54.8 Å². The Kier molecular flexibility index (Phi) is 4.06. The number of aryl methyl sites for hydroxylation is 1. The zero-order valence-corrected chi connectivity index (χ0v) is 12.8. The molecule has 2 N–H and O–H groups in total. The van der Waals surface area contributed by atoms with Gasteiger partial charge in [0.2, 0.25) is 0 Å². The van der Waals surface area contributed by atoms with Crippen LogP contribution in [0.4, 0.5) is 4.39 Å². The molecule has 0 spiro atoms. The van der Waals surface area contributed by atoms with Gasteiger partial charge in [-0.3, -0.25) is 0 Å². The molecule has 2 rings (SSSR count). The Morgan fingerprint density at radius 1 is 1.42 bits per heavy atom. The minimum Gasteiger partial charge on any atom is -0.328 e. The van der Waals surface area contributed by atoms with Crippen molar-refractivity contribution in [2.75, 3.05) is 0 Å². The number of nitrogens with two attached hydrogens (primary N) is 1. The molecule has 0 amide bonds. The van der Waals surface area contributed by atoms with E-state index in [0.29, 0.717) is 12.1 Å². The number of para-hydroxylation sites is 1. The predicted molar refractivity (Wildman–Crippen MR) is 78.0 cm³/mol. The Balaban J connectivity index is 2.63. The highest BCUT2D eigenvalue weighted by Crippen LogP contribution is 2.26. The molecular formula is C14H17BrFN3. The highest BCUT2D eigenvalue weighted by atomic mass is 79.9. The maximum atomic E-state index is 14.2. The molecule has 19 heavy (non-hydrogen) atoms. The summed E-state index contributed by atoms with van der Waals surface area (Å²) in [5.74, 6) is -0.281. The first-order chi connectivity index (χ1) is 8.91. The maximum absolute atomic E-state index is 14.2. The first kappa shape index (κ1) is 14.2. The summed E-state index contributed by atoms with van der Waals surface area (Å²) in [6.45, 7) is 5.71. The van der Waals surface area contributed by atoms with Crippen LogP contribution in [0.15, 0.2) is 22.7 Å². The van der Waals surface area contributed by atoms with Crippen molar-refractivity contribution in [3.8, 4) is 5.69 Å². The normalized spacial score (nSPS) is 12.7. The van der Waals surface area contributed by atoms with Crippen molar-refractivity contribution in [1.82, 2.24) is 9.78 Å². The third kappa shape index (κ3) is 2.72. The first-order valence-corrected chi connectivity index (χ1v) is 6.96. The molecule has 0 aliphatic heterocycles. The highest BCUT2D eigenvalue weighted by molar-refractivity contribution is 9.10. The molecule has 0 fully saturated rings. The summed E-state index contributed by atoms with van der Waals surface area (Å²) in [7, 11) is 0. The van der Waals surface area contributed by atoms with Crippen molar-refractivity contribution in [3.63, 3.8) is 0 Å². The van der Waals surface area contributed by atoms with Crippen LogP contribution in [0.1, 0.15) is 23.9 Å². The molecule has 1 aromatic heterocycles. The van der Waals surface area contributed by atoms with Crippen LogP contribution in [0.2, 0.25) is 0 Å². The van der Waals surface area contributed by atoms with Gasteiger partial charge in [-0.25, -0.2) is 9.07 Å². The molecule has 0 saturated carbocycles. The standard InChI is InChI=1S/C14H17BrFN3/c1-8(17)7-11-5-4-6-12(16)14(11)19-10(3)13(15)9(2)18-19/h4-6,8H,7,17H2,1-3H3. The molecular weight excluding hydrogens is 309 g/mol. The van der Waals surface area contributed by atoms with E-state index in [1.165, 1.54) is 6.07 Å². The van der Waals surface area contributed by atoms with Crippen molar-refractivity contribution in [3.05, 3.63) is 45.4 Å². The van der Waals surface area contributed by atoms with Crippen molar-refractivity contribution in [2.24, 2.45) is 5.73 Å². The first-order valence-electron chi connectivity index (χ1n) is 6.17. The average Bonchev–Trinajstić information content (AvgIpc) is 2.57. The van der Waals surface area contributed by atoms with Gasteiger partial charge >= 0.3 is 0 Å². The van der Waals surface area contributed by atoms with Gasteiger partial charge in [-0.2, -0.15) is 5.10 Å². The number of rotatable bonds is 3. The van der Waals surface area contributed by atoms with Gasteiger partial charge in [-0.1, -0.05) is 12.1 Å². The number of benzene rings is 1. The lowest BCUT2D eigenvalue weighted by Crippen LogP contribution is -2.19. The quantitative estimate of drug-likeness (QED) is 0.941. The Bertz CT molecular complexity index is 605. The van der Waals surface area contributed by atoms with Crippen molar-refractivity contribution >= 4 is 15.9 Å². The lowest BCUT2D eigenvalue weighted by molar-refractivity contribution is 0.600. The number of hydrogen-bond donors (Lipinski definition) is 1. The zero-order valence-electron chi connectivity index (χ0n) is 11.2. The van der Waals surface area contributed by atoms with E-state index in [-0.39, 0.29) is 11.9 Å². The molecule has 2 aromatic rings. The van der Waals surface area contributed by atoms with E-state index >= 15 is 0 Å². The van der Waals surface area contributed by atoms with Gasteiger partial charge < -0.3 is 5.73 Å². The summed E-state index contributed by atoms with van der Waals surface area (Å²) in [5.41, 5.74) is 8.92. The summed E-state index contributed by atoms with van der Waals surface area (Å²) < 4.78 is 16.7. The van der Waals surface area contributed by atoms with Crippen LogP contribution in [0.25, 0.3) is 5.69 Å². The van der Waals surface area contributed by atoms with E-state index < -0.39 is 0 Å². The van der Waals surface area contributed by atoms with Gasteiger partial charge in [0.25, 0.3) is 0 Å². The molecule has 1 aromatic carbocycles. The van der Waals surface area contributed by atoms with Gasteiger partial charge in [0.05, 0.1) is 15.9 Å². The molecule has 1 heterocycles. The summed E-state index contributed by atoms with van der Waals surface area (Å²) >= 11 is 3.47. The lowest BCUT2D eigenvalue weighted by atomic mass is 10.1. The molecule has 5 heteroatoms. The molecule has 0 aliphatic carbocycles. The van der Waals surface area contributed by atoms with Crippen LogP contribution >= 0.6 is 15.9 Å². The van der Waals surface area contributed by atoms with Crippen LogP contribution in [0.3, 0.4) is 0 Å². The monoisotopic (exact) mass is 325 g/mol. The summed E-state index contributed by atoms with van der Waals surface area (Å²) in [5, 5.41) is 4.40. The van der Waals surface area contributed by atoms with E-state index in [1.54, 1.807) is 10.7 Å². The third-order valence-electron chi connectivity index (χ3n) is 3.03. The second-order valence-electron chi connectivity index (χ2n) is 4.83. The fraction of sp³-hybridized carbons (Fsp3) is 0.357. The zero-order chi connectivity index (χ0) is 14.2. The largest absolute Gasteiger partial charge is 0.328 e. The topological polar surface area (TPSA) is 43.8 Å². The number of halogens is 2. The lowest BCUT2D eigenvalue weighted by Gasteiger charge is -2.14. The van der Waals surface area contributed by atoms with Crippen LogP contribution in [0.5, 0.6) is 0 Å². The summed E-state index contributed by atoms with van der Waals surface area (Å²) in [4.78, 5) is 0. The number of hydrogen-bond acceptors (Lipinski definition) is 2. The average molecular weight is 326 g/mol. The molecule has 102 valence electrons. The second-order valence-corrected chi connectivity index (χ2v) is 5.62. The summed E-state index contributed by atoms with van der Waals surface area (Å²) in [6, 6.07) is 5.02. The Hall–Kier alpha value is -1.20. The highest BCUT2D eigenvalue weighted by Gasteiger charge is 2.17. The third-order valence-corrected chi connectivity index (χ3v) is 4.17. The molecule has 1 unspecified atom stereocenters. The fourth-order valence-electron chi connectivity index (χ4n) is 2.15. The van der Waals surface area contributed by atoms with Gasteiger partial charge in [0.1, 0.15) is 11.5 Å². The number of aromatic nitrogens is 2. The van der Waals surface area contributed by atoms with Gasteiger partial charge in [0, 0.05) is 6.04 Å². The molecule has 1 atom stereocenters. The number of nitrogens with zero attached hydrogens (tertiary/aromatic N) is 2. The van der Waals surface area contributed by atoms with Crippen molar-refractivity contribution < 1.29 is 4.39 Å². The Morgan fingerprint density at radius 3 is 2.63 bits per heavy atom. The van der Waals surface area contributed by atoms with Crippen LogP contribution < -0.4 is 5.73 Å². The molecule has 3 nitrogen and oxygen atoms in total. The van der Waals surface area contributed by atoms with Crippen molar-refractivity contribution in [1.29, 1.82) is 0 Å². The molecule has 0 radical (unpaired) electrons. The smallest absolute Gasteiger partial charge is 0.149 e. The Morgan fingerprint density at radius 2 is 2.11 bits per heavy atom. The van der Waals surface area contributed by atoms with Crippen molar-refractivity contribution in [2.45, 2.75) is 33.2 Å². The Labute approximate surface area is 120 Å². The van der Waals surface area contributed by atoms with E-state index in [4.69, 9.17) is 5.73 Å². The summed E-state index contributed by atoms with van der Waals surface area (Å²) in [6.07, 6.45) is 0.614. The van der Waals surface area contributed by atoms with Gasteiger partial charge in [0.15, 0.2) is 0 Å². The minimum atomic E-state index is -0.281. The molecule has 0 aliphatic rings. The van der Waals surface area contributed by atoms with E-state index in [1.807, 2.05) is 26.8 Å². The van der Waals surface area contributed by atoms with Crippen LogP contribution in [-0.4, -0.2) is 15.8 Å².